The molecule has 0 aliphatic carbocycles. The Balaban J connectivity index is 2.81. The van der Waals surface area contributed by atoms with Crippen LogP contribution >= 0.6 is 0 Å². The molecule has 15 heavy (non-hydrogen) atoms. The van der Waals surface area contributed by atoms with E-state index in [1.54, 1.807) is 0 Å². The zero-order valence-electron chi connectivity index (χ0n) is 9.83. The predicted molar refractivity (Wildman–Crippen MR) is 63.5 cm³/mol. The molecule has 0 fully saturated rings. The van der Waals surface area contributed by atoms with E-state index in [0.29, 0.717) is 0 Å². The molecule has 0 bridgehead atoms. The Labute approximate surface area is 92.1 Å². The number of nitrogens with two attached hydrogens (primary N) is 1. The number of benzene rings is 1. The van der Waals surface area contributed by atoms with Crippen molar-refractivity contribution in [1.29, 1.82) is 0 Å². The van der Waals surface area contributed by atoms with Gasteiger partial charge in [0.15, 0.2) is 0 Å². The highest BCUT2D eigenvalue weighted by Gasteiger charge is 2.14. The number of aliphatic hydroxyl groups excluding tert-OH is 1. The molecule has 0 spiro atoms. The van der Waals surface area contributed by atoms with Gasteiger partial charge in [-0.25, -0.2) is 0 Å². The predicted octanol–water partition coefficient (Wildman–Crippen LogP) is 2.71. The van der Waals surface area contributed by atoms with E-state index in [2.05, 4.69) is 6.92 Å². The largest absolute Gasteiger partial charge is 0.388 e. The van der Waals surface area contributed by atoms with Crippen molar-refractivity contribution in [2.45, 2.75) is 45.3 Å². The molecule has 1 aromatic carbocycles. The van der Waals surface area contributed by atoms with E-state index < -0.39 is 0 Å². The molecular formula is C13H21NO. The number of hydrogen-bond donors (Lipinski definition) is 2. The first-order valence-electron chi connectivity index (χ1n) is 5.52. The highest BCUT2D eigenvalue weighted by atomic mass is 16.3. The molecule has 0 aromatic heterocycles. The van der Waals surface area contributed by atoms with Gasteiger partial charge >= 0.3 is 0 Å². The summed E-state index contributed by atoms with van der Waals surface area (Å²) < 4.78 is 0. The highest BCUT2D eigenvalue weighted by Crippen LogP contribution is 2.22. The minimum atomic E-state index is -0.343. The van der Waals surface area contributed by atoms with E-state index in [0.717, 1.165) is 24.0 Å². The summed E-state index contributed by atoms with van der Waals surface area (Å²) in [4.78, 5) is 0. The van der Waals surface area contributed by atoms with Gasteiger partial charge in [0.2, 0.25) is 0 Å². The van der Waals surface area contributed by atoms with Crippen LogP contribution in [0.25, 0.3) is 0 Å². The number of rotatable bonds is 4. The molecule has 0 saturated carbocycles. The van der Waals surface area contributed by atoms with Crippen LogP contribution < -0.4 is 5.73 Å². The van der Waals surface area contributed by atoms with E-state index in [1.807, 2.05) is 38.1 Å². The van der Waals surface area contributed by atoms with Crippen LogP contribution in [0, 0.1) is 0 Å². The summed E-state index contributed by atoms with van der Waals surface area (Å²) in [5.41, 5.74) is 7.74. The van der Waals surface area contributed by atoms with Crippen molar-refractivity contribution in [3.8, 4) is 0 Å². The minimum absolute atomic E-state index is 0.311. The monoisotopic (exact) mass is 207 g/mol. The zero-order chi connectivity index (χ0) is 11.5. The van der Waals surface area contributed by atoms with Gasteiger partial charge in [0.25, 0.3) is 0 Å². The molecule has 0 radical (unpaired) electrons. The normalized spacial score (nSPS) is 13.9. The summed E-state index contributed by atoms with van der Waals surface area (Å²) in [5, 5.41) is 9.78. The van der Waals surface area contributed by atoms with Gasteiger partial charge in [-0.15, -0.1) is 0 Å². The molecule has 0 saturated heterocycles. The van der Waals surface area contributed by atoms with Gasteiger partial charge in [0.1, 0.15) is 0 Å². The second-order valence-corrected chi connectivity index (χ2v) is 4.65. The first-order valence-corrected chi connectivity index (χ1v) is 5.52. The first kappa shape index (κ1) is 12.2. The minimum Gasteiger partial charge on any atom is -0.388 e. The summed E-state index contributed by atoms with van der Waals surface area (Å²) in [7, 11) is 0. The van der Waals surface area contributed by atoms with E-state index >= 15 is 0 Å². The first-order chi connectivity index (χ1) is 6.95. The third-order valence-corrected chi connectivity index (χ3v) is 2.60. The third-order valence-electron chi connectivity index (χ3n) is 2.60. The van der Waals surface area contributed by atoms with Crippen LogP contribution in [0.15, 0.2) is 24.3 Å². The average molecular weight is 207 g/mol. The lowest BCUT2D eigenvalue weighted by molar-refractivity contribution is 0.166. The van der Waals surface area contributed by atoms with Crippen LogP contribution in [0.3, 0.4) is 0 Å². The Morgan fingerprint density at radius 2 is 1.80 bits per heavy atom. The van der Waals surface area contributed by atoms with Crippen LogP contribution in [-0.4, -0.2) is 5.11 Å². The second-order valence-electron chi connectivity index (χ2n) is 4.65. The van der Waals surface area contributed by atoms with E-state index in [1.165, 1.54) is 0 Å². The van der Waals surface area contributed by atoms with Gasteiger partial charge in [0, 0.05) is 5.54 Å². The third kappa shape index (κ3) is 3.33. The average Bonchev–Trinajstić information content (AvgIpc) is 2.17. The SMILES string of the molecule is CCCC(O)c1ccc(C(C)(C)N)cc1. The Hall–Kier alpha value is -0.860. The van der Waals surface area contributed by atoms with E-state index in [9.17, 15) is 5.11 Å². The van der Waals surface area contributed by atoms with Crippen molar-refractivity contribution in [2.24, 2.45) is 5.73 Å². The number of hydrogen-bond acceptors (Lipinski definition) is 2. The Morgan fingerprint density at radius 3 is 2.20 bits per heavy atom. The van der Waals surface area contributed by atoms with Crippen LogP contribution in [0.2, 0.25) is 0 Å². The lowest BCUT2D eigenvalue weighted by Gasteiger charge is -2.20. The van der Waals surface area contributed by atoms with Crippen molar-refractivity contribution in [1.82, 2.24) is 0 Å². The van der Waals surface area contributed by atoms with Gasteiger partial charge < -0.3 is 10.8 Å². The smallest absolute Gasteiger partial charge is 0.0790 e. The van der Waals surface area contributed by atoms with Crippen molar-refractivity contribution >= 4 is 0 Å². The van der Waals surface area contributed by atoms with Gasteiger partial charge in [-0.05, 0) is 31.4 Å². The van der Waals surface area contributed by atoms with Crippen LogP contribution in [0.1, 0.15) is 50.8 Å². The molecule has 2 heteroatoms. The van der Waals surface area contributed by atoms with E-state index in [-0.39, 0.29) is 11.6 Å². The Kier molecular flexibility index (Phi) is 3.89. The molecule has 84 valence electrons. The maximum atomic E-state index is 9.78. The Bertz CT molecular complexity index is 297. The fourth-order valence-corrected chi connectivity index (χ4v) is 1.57. The molecular weight excluding hydrogens is 186 g/mol. The lowest BCUT2D eigenvalue weighted by Crippen LogP contribution is -2.28. The molecule has 0 aliphatic rings. The standard InChI is InChI=1S/C13H21NO/c1-4-5-12(15)10-6-8-11(9-7-10)13(2,3)14/h6-9,12,15H,4-5,14H2,1-3H3. The Morgan fingerprint density at radius 1 is 1.27 bits per heavy atom. The molecule has 2 nitrogen and oxygen atoms in total. The zero-order valence-corrected chi connectivity index (χ0v) is 9.83. The summed E-state index contributed by atoms with van der Waals surface area (Å²) in [5.74, 6) is 0. The molecule has 1 atom stereocenters. The van der Waals surface area contributed by atoms with E-state index in [4.69, 9.17) is 5.73 Å². The summed E-state index contributed by atoms with van der Waals surface area (Å²) in [6.45, 7) is 6.02. The van der Waals surface area contributed by atoms with Crippen LogP contribution in [-0.2, 0) is 5.54 Å². The fourth-order valence-electron chi connectivity index (χ4n) is 1.57. The van der Waals surface area contributed by atoms with Crippen molar-refractivity contribution in [3.63, 3.8) is 0 Å². The number of aliphatic hydroxyl groups is 1. The highest BCUT2D eigenvalue weighted by molar-refractivity contribution is 5.28. The maximum Gasteiger partial charge on any atom is 0.0790 e. The molecule has 1 rings (SSSR count). The van der Waals surface area contributed by atoms with Crippen LogP contribution in [0.5, 0.6) is 0 Å². The van der Waals surface area contributed by atoms with Gasteiger partial charge in [-0.3, -0.25) is 0 Å². The van der Waals surface area contributed by atoms with Gasteiger partial charge in [-0.2, -0.15) is 0 Å². The quantitative estimate of drug-likeness (QED) is 0.797. The topological polar surface area (TPSA) is 46.2 Å². The van der Waals surface area contributed by atoms with Crippen LogP contribution in [0.4, 0.5) is 0 Å². The molecule has 0 aliphatic heterocycles. The molecule has 3 N–H and O–H groups in total. The van der Waals surface area contributed by atoms with Gasteiger partial charge in [-0.1, -0.05) is 37.6 Å². The molecule has 1 aromatic rings. The fraction of sp³-hybridized carbons (Fsp3) is 0.538. The molecule has 0 amide bonds. The maximum absolute atomic E-state index is 9.78. The van der Waals surface area contributed by atoms with Crippen molar-refractivity contribution in [3.05, 3.63) is 35.4 Å². The molecule has 0 heterocycles. The summed E-state index contributed by atoms with van der Waals surface area (Å²) in [6.07, 6.45) is 1.46. The van der Waals surface area contributed by atoms with Crippen molar-refractivity contribution in [2.75, 3.05) is 0 Å². The second kappa shape index (κ2) is 4.77. The summed E-state index contributed by atoms with van der Waals surface area (Å²) in [6, 6.07) is 7.91. The van der Waals surface area contributed by atoms with Crippen molar-refractivity contribution < 1.29 is 5.11 Å². The van der Waals surface area contributed by atoms with Gasteiger partial charge in [0.05, 0.1) is 6.10 Å². The summed E-state index contributed by atoms with van der Waals surface area (Å²) >= 11 is 0. The lowest BCUT2D eigenvalue weighted by atomic mass is 9.93. The molecule has 1 unspecified atom stereocenters.